The molecule has 2 unspecified atom stereocenters. The number of hydrogen-bond acceptors (Lipinski definition) is 6. The maximum Gasteiger partial charge on any atom is 0.151 e. The number of aromatic nitrogens is 1. The molecule has 2 aromatic carbocycles. The van der Waals surface area contributed by atoms with Crippen LogP contribution in [0.25, 0.3) is 11.1 Å². The van der Waals surface area contributed by atoms with Gasteiger partial charge in [0.25, 0.3) is 0 Å². The lowest BCUT2D eigenvalue weighted by Gasteiger charge is -2.17. The molecule has 1 saturated heterocycles. The molecular weight excluding hydrogens is 395 g/mol. The summed E-state index contributed by atoms with van der Waals surface area (Å²) < 4.78 is 24.8. The Kier molecular flexibility index (Phi) is 6.29. The van der Waals surface area contributed by atoms with Gasteiger partial charge in [-0.1, -0.05) is 6.07 Å². The van der Waals surface area contributed by atoms with Crippen LogP contribution < -0.4 is 20.1 Å². The molecule has 1 aromatic heterocycles. The summed E-state index contributed by atoms with van der Waals surface area (Å²) in [7, 11) is 1.61. The van der Waals surface area contributed by atoms with E-state index in [2.05, 4.69) is 21.7 Å². The van der Waals surface area contributed by atoms with E-state index in [0.717, 1.165) is 22.6 Å². The van der Waals surface area contributed by atoms with Gasteiger partial charge in [-0.3, -0.25) is 4.98 Å². The molecule has 3 aromatic rings. The number of anilines is 1. The molecule has 158 valence electrons. The second kappa shape index (κ2) is 9.45. The molecule has 6 nitrogen and oxygen atoms in total. The van der Waals surface area contributed by atoms with E-state index < -0.39 is 6.17 Å². The van der Waals surface area contributed by atoms with Crippen LogP contribution in [-0.4, -0.2) is 37.4 Å². The van der Waals surface area contributed by atoms with E-state index in [9.17, 15) is 9.65 Å². The van der Waals surface area contributed by atoms with Crippen molar-refractivity contribution in [3.8, 4) is 34.4 Å². The molecule has 0 spiro atoms. The lowest BCUT2D eigenvalue weighted by molar-refractivity contribution is 0.356. The molecule has 0 radical (unpaired) electrons. The average Bonchev–Trinajstić information content (AvgIpc) is 3.23. The average molecular weight is 418 g/mol. The first-order valence-corrected chi connectivity index (χ1v) is 10.1. The maximum absolute atomic E-state index is 13.5. The SMILES string of the molecule is COc1ccc(Oc2cc(-c3cncc(C#N)c3)ccc2NCC2CC(F)CN2)cc1. The highest BCUT2D eigenvalue weighted by Gasteiger charge is 2.23. The standard InChI is InChI=1S/C24H23FN4O2/c1-30-21-3-5-22(6-4-21)31-24-9-17(18-8-16(11-26)12-27-13-18)2-7-23(24)29-15-20-10-19(25)14-28-20/h2-9,12-13,19-20,28-29H,10,14-15H2,1H3. The van der Waals surface area contributed by atoms with Gasteiger partial charge in [-0.25, -0.2) is 4.39 Å². The van der Waals surface area contributed by atoms with Crippen molar-refractivity contribution in [2.75, 3.05) is 25.5 Å². The van der Waals surface area contributed by atoms with E-state index in [1.165, 1.54) is 6.20 Å². The van der Waals surface area contributed by atoms with Crippen molar-refractivity contribution in [2.24, 2.45) is 0 Å². The number of ether oxygens (including phenoxy) is 2. The van der Waals surface area contributed by atoms with Crippen LogP contribution in [0, 0.1) is 11.3 Å². The number of hydrogen-bond donors (Lipinski definition) is 2. The summed E-state index contributed by atoms with van der Waals surface area (Å²) in [5.74, 6) is 2.03. The Morgan fingerprint density at radius 3 is 2.65 bits per heavy atom. The van der Waals surface area contributed by atoms with E-state index in [4.69, 9.17) is 9.47 Å². The van der Waals surface area contributed by atoms with Gasteiger partial charge in [0.2, 0.25) is 0 Å². The molecule has 0 aliphatic carbocycles. The molecule has 0 saturated carbocycles. The fourth-order valence-corrected chi connectivity index (χ4v) is 3.52. The van der Waals surface area contributed by atoms with Crippen LogP contribution in [0.2, 0.25) is 0 Å². The van der Waals surface area contributed by atoms with Crippen molar-refractivity contribution in [3.63, 3.8) is 0 Å². The second-order valence-corrected chi connectivity index (χ2v) is 7.38. The number of halogens is 1. The number of methoxy groups -OCH3 is 1. The minimum absolute atomic E-state index is 0.0695. The maximum atomic E-state index is 13.5. The third-order valence-electron chi connectivity index (χ3n) is 5.18. The summed E-state index contributed by atoms with van der Waals surface area (Å²) in [6.07, 6.45) is 2.93. The Hall–Kier alpha value is -3.63. The molecule has 31 heavy (non-hydrogen) atoms. The van der Waals surface area contributed by atoms with Crippen LogP contribution in [0.3, 0.4) is 0 Å². The molecule has 1 aliphatic rings. The zero-order valence-electron chi connectivity index (χ0n) is 17.1. The number of nitrogens with one attached hydrogen (secondary N) is 2. The summed E-state index contributed by atoms with van der Waals surface area (Å²) in [6.45, 7) is 0.979. The van der Waals surface area contributed by atoms with E-state index in [1.54, 1.807) is 19.4 Å². The predicted molar refractivity (Wildman–Crippen MR) is 117 cm³/mol. The Bertz CT molecular complexity index is 1080. The van der Waals surface area contributed by atoms with Crippen LogP contribution in [0.1, 0.15) is 12.0 Å². The second-order valence-electron chi connectivity index (χ2n) is 7.38. The molecule has 1 aliphatic heterocycles. The van der Waals surface area contributed by atoms with Gasteiger partial charge in [0.1, 0.15) is 23.7 Å². The summed E-state index contributed by atoms with van der Waals surface area (Å²) in [4.78, 5) is 4.15. The van der Waals surface area contributed by atoms with Gasteiger partial charge in [-0.2, -0.15) is 5.26 Å². The van der Waals surface area contributed by atoms with Gasteiger partial charge < -0.3 is 20.1 Å². The van der Waals surface area contributed by atoms with Gasteiger partial charge in [-0.15, -0.1) is 0 Å². The fourth-order valence-electron chi connectivity index (χ4n) is 3.52. The first kappa shape index (κ1) is 20.6. The molecule has 0 amide bonds. The van der Waals surface area contributed by atoms with E-state index >= 15 is 0 Å². The summed E-state index contributed by atoms with van der Waals surface area (Å²) in [6, 6.07) is 17.1. The lowest BCUT2D eigenvalue weighted by Crippen LogP contribution is -2.29. The van der Waals surface area contributed by atoms with E-state index in [-0.39, 0.29) is 6.04 Å². The quantitative estimate of drug-likeness (QED) is 0.587. The van der Waals surface area contributed by atoms with Crippen LogP contribution in [0.5, 0.6) is 17.2 Å². The van der Waals surface area contributed by atoms with Crippen molar-refractivity contribution >= 4 is 5.69 Å². The highest BCUT2D eigenvalue weighted by atomic mass is 19.1. The minimum Gasteiger partial charge on any atom is -0.497 e. The number of benzene rings is 2. The Labute approximate surface area is 180 Å². The first-order valence-electron chi connectivity index (χ1n) is 10.1. The smallest absolute Gasteiger partial charge is 0.151 e. The normalized spacial score (nSPS) is 17.7. The van der Waals surface area contributed by atoms with Gasteiger partial charge in [0.15, 0.2) is 5.75 Å². The van der Waals surface area contributed by atoms with Crippen molar-refractivity contribution in [3.05, 3.63) is 66.5 Å². The number of pyridine rings is 1. The van der Waals surface area contributed by atoms with Gasteiger partial charge >= 0.3 is 0 Å². The molecule has 2 heterocycles. The van der Waals surface area contributed by atoms with Crippen molar-refractivity contribution in [1.29, 1.82) is 5.26 Å². The highest BCUT2D eigenvalue weighted by molar-refractivity contribution is 5.71. The Morgan fingerprint density at radius 1 is 1.13 bits per heavy atom. The summed E-state index contributed by atoms with van der Waals surface area (Å²) in [5.41, 5.74) is 2.99. The number of alkyl halides is 1. The fraction of sp³-hybridized carbons (Fsp3) is 0.250. The van der Waals surface area contributed by atoms with Crippen LogP contribution in [0.15, 0.2) is 60.9 Å². The predicted octanol–water partition coefficient (Wildman–Crippen LogP) is 4.53. The van der Waals surface area contributed by atoms with Crippen molar-refractivity contribution in [1.82, 2.24) is 10.3 Å². The molecule has 0 bridgehead atoms. The molecular formula is C24H23FN4O2. The monoisotopic (exact) mass is 418 g/mol. The van der Waals surface area contributed by atoms with Crippen LogP contribution in [0.4, 0.5) is 10.1 Å². The molecule has 2 N–H and O–H groups in total. The molecule has 4 rings (SSSR count). The number of nitriles is 1. The van der Waals surface area contributed by atoms with Crippen LogP contribution >= 0.6 is 0 Å². The third kappa shape index (κ3) is 5.11. The molecule has 2 atom stereocenters. The zero-order valence-corrected chi connectivity index (χ0v) is 17.1. The van der Waals surface area contributed by atoms with Crippen molar-refractivity contribution < 1.29 is 13.9 Å². The lowest BCUT2D eigenvalue weighted by atomic mass is 10.0. The van der Waals surface area contributed by atoms with Crippen molar-refractivity contribution in [2.45, 2.75) is 18.6 Å². The largest absolute Gasteiger partial charge is 0.497 e. The number of nitrogens with zero attached hydrogens (tertiary/aromatic N) is 2. The summed E-state index contributed by atoms with van der Waals surface area (Å²) >= 11 is 0. The van der Waals surface area contributed by atoms with E-state index in [1.807, 2.05) is 42.5 Å². The zero-order chi connectivity index (χ0) is 21.6. The van der Waals surface area contributed by atoms with Gasteiger partial charge in [0.05, 0.1) is 18.4 Å². The minimum atomic E-state index is -0.802. The van der Waals surface area contributed by atoms with Gasteiger partial charge in [-0.05, 0) is 54.4 Å². The number of rotatable bonds is 7. The van der Waals surface area contributed by atoms with Gasteiger partial charge in [0, 0.05) is 37.1 Å². The van der Waals surface area contributed by atoms with Crippen LogP contribution in [-0.2, 0) is 0 Å². The Balaban J connectivity index is 1.61. The third-order valence-corrected chi connectivity index (χ3v) is 5.18. The topological polar surface area (TPSA) is 79.2 Å². The molecule has 1 fully saturated rings. The highest BCUT2D eigenvalue weighted by Crippen LogP contribution is 2.35. The Morgan fingerprint density at radius 2 is 1.94 bits per heavy atom. The van der Waals surface area contributed by atoms with E-state index in [0.29, 0.717) is 36.6 Å². The summed E-state index contributed by atoms with van der Waals surface area (Å²) in [5, 5.41) is 15.7. The first-order chi connectivity index (χ1) is 15.1. The molecule has 7 heteroatoms.